The Morgan fingerprint density at radius 1 is 1.29 bits per heavy atom. The topological polar surface area (TPSA) is 65.7 Å². The zero-order chi connectivity index (χ0) is 20.8. The third kappa shape index (κ3) is 4.99. The number of ketones is 1. The summed E-state index contributed by atoms with van der Waals surface area (Å²) in [7, 11) is 1.95. The number of benzene rings is 2. The largest absolute Gasteiger partial charge is 0.466 e. The molecule has 0 saturated heterocycles. The Balaban J connectivity index is 2.33. The number of nitriles is 1. The van der Waals surface area contributed by atoms with Crippen LogP contribution >= 0.6 is 15.9 Å². The summed E-state index contributed by atoms with van der Waals surface area (Å²) in [6.45, 7) is 8.51. The molecule has 1 atom stereocenters. The average molecular weight is 442 g/mol. The molecule has 0 saturated carbocycles. The maximum atomic E-state index is 13.0. The normalized spacial score (nSPS) is 11.9. The summed E-state index contributed by atoms with van der Waals surface area (Å²) in [4.78, 5) is 19.4. The molecule has 2 rings (SSSR count). The van der Waals surface area contributed by atoms with Gasteiger partial charge in [0.25, 0.3) is 0 Å². The Labute approximate surface area is 174 Å². The fourth-order valence-electron chi connectivity index (χ4n) is 2.61. The van der Waals surface area contributed by atoms with Crippen molar-refractivity contribution in [3.63, 3.8) is 0 Å². The van der Waals surface area contributed by atoms with Crippen LogP contribution in [0, 0.1) is 32.1 Å². The van der Waals surface area contributed by atoms with E-state index in [2.05, 4.69) is 20.9 Å². The predicted molar refractivity (Wildman–Crippen MR) is 116 cm³/mol. The minimum absolute atomic E-state index is 0.362. The number of hydrogen-bond donors (Lipinski definition) is 0. The number of Topliss-reactive ketones (excluding diaryl/α,β-unsaturated/α-hetero) is 1. The van der Waals surface area contributed by atoms with Crippen molar-refractivity contribution < 1.29 is 9.53 Å². The quantitative estimate of drug-likeness (QED) is 0.338. The minimum atomic E-state index is -1.23. The van der Waals surface area contributed by atoms with E-state index in [0.29, 0.717) is 15.8 Å². The highest BCUT2D eigenvalue weighted by Crippen LogP contribution is 2.30. The number of halogens is 1. The number of para-hydroxylation sites is 1. The van der Waals surface area contributed by atoms with Crippen LogP contribution in [-0.4, -0.2) is 36.7 Å². The molecule has 6 heteroatoms. The fourth-order valence-corrected chi connectivity index (χ4v) is 3.17. The van der Waals surface area contributed by atoms with Crippen LogP contribution < -0.4 is 4.74 Å². The third-order valence-corrected chi connectivity index (χ3v) is 5.08. The molecule has 0 aliphatic heterocycles. The van der Waals surface area contributed by atoms with Crippen LogP contribution in [0.5, 0.6) is 5.75 Å². The summed E-state index contributed by atoms with van der Waals surface area (Å²) in [6.07, 6.45) is 0.538. The van der Waals surface area contributed by atoms with Crippen molar-refractivity contribution in [1.29, 1.82) is 5.26 Å². The van der Waals surface area contributed by atoms with Crippen molar-refractivity contribution in [1.82, 2.24) is 4.90 Å². The van der Waals surface area contributed by atoms with Gasteiger partial charge in [0.1, 0.15) is 11.8 Å². The lowest BCUT2D eigenvalue weighted by Crippen LogP contribution is -2.27. The van der Waals surface area contributed by atoms with E-state index in [1.54, 1.807) is 12.4 Å². The van der Waals surface area contributed by atoms with Gasteiger partial charge in [0.15, 0.2) is 0 Å². The summed E-state index contributed by atoms with van der Waals surface area (Å²) in [6, 6.07) is 11.2. The molecule has 0 N–H and O–H groups in total. The van der Waals surface area contributed by atoms with Gasteiger partial charge in [0, 0.05) is 19.2 Å². The molecule has 0 fully saturated rings. The van der Waals surface area contributed by atoms with Crippen molar-refractivity contribution in [2.24, 2.45) is 4.99 Å². The van der Waals surface area contributed by atoms with Gasteiger partial charge in [0.2, 0.25) is 11.9 Å². The van der Waals surface area contributed by atoms with Crippen LogP contribution in [0.4, 0.5) is 5.69 Å². The summed E-state index contributed by atoms with van der Waals surface area (Å²) < 4.78 is 6.47. The highest BCUT2D eigenvalue weighted by atomic mass is 79.9. The number of nitrogens with zero attached hydrogens (tertiary/aromatic N) is 3. The van der Waals surface area contributed by atoms with Gasteiger partial charge in [-0.3, -0.25) is 4.79 Å². The van der Waals surface area contributed by atoms with Crippen LogP contribution in [0.2, 0.25) is 0 Å². The minimum Gasteiger partial charge on any atom is -0.466 e. The Hall–Kier alpha value is -2.65. The Morgan fingerprint density at radius 2 is 2.00 bits per heavy atom. The van der Waals surface area contributed by atoms with Crippen LogP contribution in [0.25, 0.3) is 0 Å². The summed E-state index contributed by atoms with van der Waals surface area (Å²) >= 11 is 3.41. The van der Waals surface area contributed by atoms with Crippen LogP contribution in [0.3, 0.4) is 0 Å². The summed E-state index contributed by atoms with van der Waals surface area (Å²) in [5, 5.41) is 9.55. The van der Waals surface area contributed by atoms with E-state index >= 15 is 0 Å². The molecule has 1 unspecified atom stereocenters. The van der Waals surface area contributed by atoms with E-state index in [1.165, 1.54) is 0 Å². The van der Waals surface area contributed by atoms with Crippen LogP contribution in [-0.2, 0) is 0 Å². The molecule has 0 bridgehead atoms. The number of carbonyl (C=O) groups excluding carboxylic acids is 1. The molecule has 2 aromatic carbocycles. The Bertz CT molecular complexity index is 927. The SMILES string of the molecule is CCN(C)C=Nc1cc(C)c(C(=O)C(C#N)Oc2c(C)cccc2Br)cc1C. The molecule has 5 nitrogen and oxygen atoms in total. The average Bonchev–Trinajstić information content (AvgIpc) is 2.67. The number of carbonyl (C=O) groups is 1. The van der Waals surface area contributed by atoms with Gasteiger partial charge < -0.3 is 9.64 Å². The maximum Gasteiger partial charge on any atom is 0.246 e. The molecule has 0 aliphatic carbocycles. The molecule has 0 aliphatic rings. The van der Waals surface area contributed by atoms with E-state index in [4.69, 9.17) is 4.74 Å². The first-order valence-corrected chi connectivity index (χ1v) is 9.79. The van der Waals surface area contributed by atoms with Gasteiger partial charge in [-0.1, -0.05) is 12.1 Å². The summed E-state index contributed by atoms with van der Waals surface area (Å²) in [5.74, 6) is 0.139. The highest BCUT2D eigenvalue weighted by Gasteiger charge is 2.25. The number of rotatable bonds is 7. The Kier molecular flexibility index (Phi) is 7.36. The van der Waals surface area contributed by atoms with E-state index in [9.17, 15) is 10.1 Å². The van der Waals surface area contributed by atoms with Crippen molar-refractivity contribution in [3.05, 3.63) is 57.1 Å². The van der Waals surface area contributed by atoms with Crippen molar-refractivity contribution in [3.8, 4) is 11.8 Å². The lowest BCUT2D eigenvalue weighted by atomic mass is 9.98. The number of aryl methyl sites for hydroxylation is 3. The molecule has 0 radical (unpaired) electrons. The molecular formula is C22H24BrN3O2. The molecular weight excluding hydrogens is 418 g/mol. The summed E-state index contributed by atoms with van der Waals surface area (Å²) in [5.41, 5.74) is 3.74. The number of aliphatic imine (C=N–C) groups is 1. The smallest absolute Gasteiger partial charge is 0.246 e. The van der Waals surface area contributed by atoms with Crippen molar-refractivity contribution in [2.75, 3.05) is 13.6 Å². The second-order valence-electron chi connectivity index (χ2n) is 6.65. The molecule has 146 valence electrons. The molecule has 2 aromatic rings. The van der Waals surface area contributed by atoms with Gasteiger partial charge in [0.05, 0.1) is 16.5 Å². The van der Waals surface area contributed by atoms with Gasteiger partial charge in [-0.25, -0.2) is 4.99 Å². The van der Waals surface area contributed by atoms with Gasteiger partial charge in [-0.15, -0.1) is 0 Å². The maximum absolute atomic E-state index is 13.0. The predicted octanol–water partition coefficient (Wildman–Crippen LogP) is 5.14. The molecule has 28 heavy (non-hydrogen) atoms. The molecule has 0 spiro atoms. The zero-order valence-corrected chi connectivity index (χ0v) is 18.4. The first kappa shape index (κ1) is 21.6. The third-order valence-electron chi connectivity index (χ3n) is 4.46. The van der Waals surface area contributed by atoms with E-state index < -0.39 is 6.10 Å². The lowest BCUT2D eigenvalue weighted by Gasteiger charge is -2.17. The van der Waals surface area contributed by atoms with E-state index in [1.807, 2.05) is 70.0 Å². The fraction of sp³-hybridized carbons (Fsp3) is 0.318. The van der Waals surface area contributed by atoms with E-state index in [0.717, 1.165) is 28.9 Å². The molecule has 0 heterocycles. The Morgan fingerprint density at radius 3 is 2.61 bits per heavy atom. The molecule has 0 aromatic heterocycles. The van der Waals surface area contributed by atoms with Crippen molar-refractivity contribution in [2.45, 2.75) is 33.8 Å². The second kappa shape index (κ2) is 9.52. The monoisotopic (exact) mass is 441 g/mol. The second-order valence-corrected chi connectivity index (χ2v) is 7.50. The highest BCUT2D eigenvalue weighted by molar-refractivity contribution is 9.10. The zero-order valence-electron chi connectivity index (χ0n) is 16.8. The van der Waals surface area contributed by atoms with Gasteiger partial charge in [-0.05, 0) is 78.5 Å². The van der Waals surface area contributed by atoms with Gasteiger partial charge >= 0.3 is 0 Å². The number of ether oxygens (including phenoxy) is 1. The molecule has 0 amide bonds. The van der Waals surface area contributed by atoms with E-state index in [-0.39, 0.29) is 5.78 Å². The first-order valence-electron chi connectivity index (χ1n) is 8.99. The van der Waals surface area contributed by atoms with Crippen LogP contribution in [0.15, 0.2) is 39.8 Å². The first-order chi connectivity index (χ1) is 13.3. The van der Waals surface area contributed by atoms with Gasteiger partial charge in [-0.2, -0.15) is 5.26 Å². The number of hydrogen-bond acceptors (Lipinski definition) is 4. The van der Waals surface area contributed by atoms with Crippen molar-refractivity contribution >= 4 is 33.7 Å². The van der Waals surface area contributed by atoms with Crippen LogP contribution in [0.1, 0.15) is 34.0 Å². The standard InChI is InChI=1S/C22H24BrN3O2/c1-6-26(5)13-25-19-11-15(3)17(10-16(19)4)21(27)20(12-24)28-22-14(2)8-7-9-18(22)23/h7-11,13,20H,6H2,1-5H3. The lowest BCUT2D eigenvalue weighted by molar-refractivity contribution is 0.0857.